The van der Waals surface area contributed by atoms with Gasteiger partial charge in [-0.05, 0) is 19.8 Å². The van der Waals surface area contributed by atoms with Crippen molar-refractivity contribution in [2.75, 3.05) is 13.2 Å². The molecule has 1 unspecified atom stereocenters. The summed E-state index contributed by atoms with van der Waals surface area (Å²) in [5.41, 5.74) is 7.48. The third kappa shape index (κ3) is 3.00. The van der Waals surface area contributed by atoms with Gasteiger partial charge in [0.25, 0.3) is 0 Å². The first-order chi connectivity index (χ1) is 7.99. The smallest absolute Gasteiger partial charge is 0.130 e. The summed E-state index contributed by atoms with van der Waals surface area (Å²) >= 11 is 6.21. The van der Waals surface area contributed by atoms with E-state index in [0.717, 1.165) is 24.1 Å². The molecule has 0 aliphatic rings. The predicted molar refractivity (Wildman–Crippen MR) is 70.1 cm³/mol. The number of aliphatic hydroxyl groups is 1. The maximum Gasteiger partial charge on any atom is 0.130 e. The van der Waals surface area contributed by atoms with Gasteiger partial charge >= 0.3 is 0 Å². The van der Waals surface area contributed by atoms with E-state index in [2.05, 4.69) is 12.0 Å². The second-order valence-electron chi connectivity index (χ2n) is 4.77. The van der Waals surface area contributed by atoms with Crippen LogP contribution in [0.3, 0.4) is 0 Å². The molecule has 5 heteroatoms. The van der Waals surface area contributed by atoms with Crippen LogP contribution in [0.5, 0.6) is 0 Å². The Labute approximate surface area is 108 Å². The monoisotopic (exact) mass is 259 g/mol. The minimum Gasteiger partial charge on any atom is -0.396 e. The molecule has 98 valence electrons. The van der Waals surface area contributed by atoms with E-state index in [9.17, 15) is 5.11 Å². The summed E-state index contributed by atoms with van der Waals surface area (Å²) in [4.78, 5) is 0. The summed E-state index contributed by atoms with van der Waals surface area (Å²) in [6.45, 7) is 4.58. The first kappa shape index (κ1) is 14.5. The number of aliphatic hydroxyl groups excluding tert-OH is 1. The van der Waals surface area contributed by atoms with E-state index in [4.69, 9.17) is 17.3 Å². The first-order valence-electron chi connectivity index (χ1n) is 5.98. The number of nitrogens with two attached hydrogens (primary N) is 1. The van der Waals surface area contributed by atoms with Crippen LogP contribution in [0.15, 0.2) is 0 Å². The number of aryl methyl sites for hydroxylation is 2. The summed E-state index contributed by atoms with van der Waals surface area (Å²) in [6.07, 6.45) is 2.58. The van der Waals surface area contributed by atoms with Gasteiger partial charge in [0.05, 0.1) is 12.3 Å². The number of nitrogens with zero attached hydrogens (tertiary/aromatic N) is 2. The Kier molecular flexibility index (Phi) is 4.98. The van der Waals surface area contributed by atoms with Crippen molar-refractivity contribution < 1.29 is 5.11 Å². The zero-order valence-electron chi connectivity index (χ0n) is 10.8. The highest BCUT2D eigenvalue weighted by Gasteiger charge is 2.30. The van der Waals surface area contributed by atoms with E-state index in [1.54, 1.807) is 4.68 Å². The van der Waals surface area contributed by atoms with Crippen LogP contribution in [0.1, 0.15) is 31.0 Å². The van der Waals surface area contributed by atoms with E-state index in [1.165, 1.54) is 0 Å². The second kappa shape index (κ2) is 5.85. The highest BCUT2D eigenvalue weighted by molar-refractivity contribution is 6.30. The molecule has 1 atom stereocenters. The SMILES string of the molecule is CCCC(CN)(CO)Cc1c(C)nn(C)c1Cl. The number of rotatable bonds is 6. The van der Waals surface area contributed by atoms with Gasteiger partial charge in [-0.2, -0.15) is 5.10 Å². The second-order valence-corrected chi connectivity index (χ2v) is 5.13. The number of halogens is 1. The van der Waals surface area contributed by atoms with Crippen molar-refractivity contribution in [1.82, 2.24) is 9.78 Å². The molecule has 0 aliphatic heterocycles. The van der Waals surface area contributed by atoms with Crippen LogP contribution in [0.25, 0.3) is 0 Å². The van der Waals surface area contributed by atoms with Gasteiger partial charge in [-0.3, -0.25) is 4.68 Å². The molecule has 0 fully saturated rings. The summed E-state index contributed by atoms with van der Waals surface area (Å²) in [5.74, 6) is 0. The Bertz CT molecular complexity index is 372. The lowest BCUT2D eigenvalue weighted by molar-refractivity contribution is 0.121. The van der Waals surface area contributed by atoms with Crippen molar-refractivity contribution in [2.24, 2.45) is 18.2 Å². The normalized spacial score (nSPS) is 14.9. The average molecular weight is 260 g/mol. The van der Waals surface area contributed by atoms with Crippen LogP contribution in [0.4, 0.5) is 0 Å². The first-order valence-corrected chi connectivity index (χ1v) is 6.36. The molecule has 0 bridgehead atoms. The summed E-state index contributed by atoms with van der Waals surface area (Å²) < 4.78 is 1.66. The Morgan fingerprint density at radius 2 is 2.18 bits per heavy atom. The molecule has 4 nitrogen and oxygen atoms in total. The Balaban J connectivity index is 3.00. The van der Waals surface area contributed by atoms with Gasteiger partial charge in [0, 0.05) is 24.6 Å². The summed E-state index contributed by atoms with van der Waals surface area (Å²) in [5, 5.41) is 14.5. The van der Waals surface area contributed by atoms with Gasteiger partial charge in [0.1, 0.15) is 5.15 Å². The standard InChI is InChI=1S/C12H22ClN3O/c1-4-5-12(7-14,8-17)6-10-9(2)15-16(3)11(10)13/h17H,4-8,14H2,1-3H3. The zero-order valence-corrected chi connectivity index (χ0v) is 11.6. The van der Waals surface area contributed by atoms with Crippen LogP contribution >= 0.6 is 11.6 Å². The third-order valence-electron chi connectivity index (χ3n) is 3.37. The molecule has 0 saturated heterocycles. The molecule has 1 heterocycles. The lowest BCUT2D eigenvalue weighted by Crippen LogP contribution is -2.36. The maximum atomic E-state index is 9.61. The predicted octanol–water partition coefficient (Wildman–Crippen LogP) is 1.66. The van der Waals surface area contributed by atoms with E-state index in [1.807, 2.05) is 14.0 Å². The lowest BCUT2D eigenvalue weighted by Gasteiger charge is -2.30. The van der Waals surface area contributed by atoms with Crippen LogP contribution in [0, 0.1) is 12.3 Å². The van der Waals surface area contributed by atoms with Crippen molar-refractivity contribution in [1.29, 1.82) is 0 Å². The molecular formula is C12H22ClN3O. The minimum absolute atomic E-state index is 0.0853. The largest absolute Gasteiger partial charge is 0.396 e. The molecule has 1 aromatic heterocycles. The van der Waals surface area contributed by atoms with E-state index < -0.39 is 0 Å². The van der Waals surface area contributed by atoms with Gasteiger partial charge < -0.3 is 10.8 Å². The van der Waals surface area contributed by atoms with Crippen LogP contribution in [-0.4, -0.2) is 28.0 Å². The molecule has 0 radical (unpaired) electrons. The molecule has 0 aliphatic carbocycles. The fourth-order valence-corrected chi connectivity index (χ4v) is 2.48. The van der Waals surface area contributed by atoms with Crippen LogP contribution in [0.2, 0.25) is 5.15 Å². The fraction of sp³-hybridized carbons (Fsp3) is 0.750. The molecule has 17 heavy (non-hydrogen) atoms. The van der Waals surface area contributed by atoms with Gasteiger partial charge in [0.15, 0.2) is 0 Å². The van der Waals surface area contributed by atoms with Crippen molar-refractivity contribution in [3.8, 4) is 0 Å². The molecular weight excluding hydrogens is 238 g/mol. The average Bonchev–Trinajstić information content (AvgIpc) is 2.55. The van der Waals surface area contributed by atoms with Crippen LogP contribution < -0.4 is 5.73 Å². The summed E-state index contributed by atoms with van der Waals surface area (Å²) in [7, 11) is 1.82. The van der Waals surface area contributed by atoms with Gasteiger partial charge in [-0.15, -0.1) is 0 Å². The molecule has 1 rings (SSSR count). The highest BCUT2D eigenvalue weighted by atomic mass is 35.5. The van der Waals surface area contributed by atoms with Crippen molar-refractivity contribution in [2.45, 2.75) is 33.1 Å². The Hall–Kier alpha value is -0.580. The molecule has 1 aromatic rings. The van der Waals surface area contributed by atoms with E-state index in [0.29, 0.717) is 18.1 Å². The minimum atomic E-state index is -0.272. The van der Waals surface area contributed by atoms with Crippen molar-refractivity contribution in [3.63, 3.8) is 0 Å². The quantitative estimate of drug-likeness (QED) is 0.817. The third-order valence-corrected chi connectivity index (χ3v) is 3.84. The zero-order chi connectivity index (χ0) is 13.1. The molecule has 0 saturated carbocycles. The molecule has 0 aromatic carbocycles. The lowest BCUT2D eigenvalue weighted by atomic mass is 9.78. The molecule has 0 amide bonds. The van der Waals surface area contributed by atoms with Crippen LogP contribution in [-0.2, 0) is 13.5 Å². The van der Waals surface area contributed by atoms with Gasteiger partial charge in [-0.25, -0.2) is 0 Å². The number of hydrogen-bond donors (Lipinski definition) is 2. The number of hydrogen-bond acceptors (Lipinski definition) is 3. The Morgan fingerprint density at radius 3 is 2.53 bits per heavy atom. The fourth-order valence-electron chi connectivity index (χ4n) is 2.24. The Morgan fingerprint density at radius 1 is 1.53 bits per heavy atom. The van der Waals surface area contributed by atoms with E-state index in [-0.39, 0.29) is 12.0 Å². The van der Waals surface area contributed by atoms with E-state index >= 15 is 0 Å². The topological polar surface area (TPSA) is 64.1 Å². The van der Waals surface area contributed by atoms with Gasteiger partial charge in [-0.1, -0.05) is 24.9 Å². The maximum absolute atomic E-state index is 9.61. The summed E-state index contributed by atoms with van der Waals surface area (Å²) in [6, 6.07) is 0. The number of aromatic nitrogens is 2. The van der Waals surface area contributed by atoms with Gasteiger partial charge in [0.2, 0.25) is 0 Å². The highest BCUT2D eigenvalue weighted by Crippen LogP contribution is 2.31. The molecule has 0 spiro atoms. The van der Waals surface area contributed by atoms with Crippen molar-refractivity contribution in [3.05, 3.63) is 16.4 Å². The van der Waals surface area contributed by atoms with Crippen molar-refractivity contribution >= 4 is 11.6 Å². The molecule has 3 N–H and O–H groups in total.